The molecule has 0 amide bonds. The van der Waals surface area contributed by atoms with Crippen LogP contribution in [0, 0.1) is 6.92 Å². The lowest BCUT2D eigenvalue weighted by Gasteiger charge is -2.16. The zero-order valence-corrected chi connectivity index (χ0v) is 11.1. The van der Waals surface area contributed by atoms with Gasteiger partial charge in [0.1, 0.15) is 0 Å². The van der Waals surface area contributed by atoms with Crippen LogP contribution in [0.25, 0.3) is 0 Å². The molecule has 1 unspecified atom stereocenters. The average molecular weight is 261 g/mol. The standard InChI is InChI=1S/C15H19NO3/c1-3-10-16-13(8-9-14(17)18)15(19)12-6-4-11(2)5-7-12/h3-7,13,16H,1,8-10H2,2H3,(H,17,18). The number of carbonyl (C=O) groups is 2. The Kier molecular flexibility index (Phi) is 5.96. The normalized spacial score (nSPS) is 11.8. The molecule has 19 heavy (non-hydrogen) atoms. The van der Waals surface area contributed by atoms with Crippen molar-refractivity contribution in [2.45, 2.75) is 25.8 Å². The summed E-state index contributed by atoms with van der Waals surface area (Å²) in [6, 6.07) is 6.78. The Morgan fingerprint density at radius 1 is 1.37 bits per heavy atom. The van der Waals surface area contributed by atoms with Gasteiger partial charge in [0.15, 0.2) is 5.78 Å². The van der Waals surface area contributed by atoms with Gasteiger partial charge in [-0.2, -0.15) is 0 Å². The maximum absolute atomic E-state index is 12.3. The van der Waals surface area contributed by atoms with Crippen LogP contribution < -0.4 is 5.32 Å². The average Bonchev–Trinajstić information content (AvgIpc) is 2.39. The van der Waals surface area contributed by atoms with Crippen LogP contribution in [0.15, 0.2) is 36.9 Å². The number of rotatable bonds is 8. The van der Waals surface area contributed by atoms with Gasteiger partial charge in [0.05, 0.1) is 6.04 Å². The van der Waals surface area contributed by atoms with E-state index < -0.39 is 12.0 Å². The number of hydrogen-bond donors (Lipinski definition) is 2. The summed E-state index contributed by atoms with van der Waals surface area (Å²) in [7, 11) is 0. The number of nitrogens with one attached hydrogen (secondary N) is 1. The third-order valence-electron chi connectivity index (χ3n) is 2.81. The van der Waals surface area contributed by atoms with Gasteiger partial charge in [-0.3, -0.25) is 9.59 Å². The number of carbonyl (C=O) groups excluding carboxylic acids is 1. The Morgan fingerprint density at radius 2 is 2.00 bits per heavy atom. The van der Waals surface area contributed by atoms with Crippen LogP contribution in [0.2, 0.25) is 0 Å². The van der Waals surface area contributed by atoms with E-state index in [-0.39, 0.29) is 18.6 Å². The van der Waals surface area contributed by atoms with E-state index in [0.29, 0.717) is 12.1 Å². The summed E-state index contributed by atoms with van der Waals surface area (Å²) in [6.07, 6.45) is 1.89. The molecule has 0 aromatic heterocycles. The number of Topliss-reactive ketones (excluding diaryl/α,β-unsaturated/α-hetero) is 1. The molecule has 0 spiro atoms. The van der Waals surface area contributed by atoms with E-state index in [1.807, 2.05) is 19.1 Å². The molecule has 4 heteroatoms. The van der Waals surface area contributed by atoms with Crippen molar-refractivity contribution in [1.82, 2.24) is 5.32 Å². The Hall–Kier alpha value is -1.94. The third-order valence-corrected chi connectivity index (χ3v) is 2.81. The number of carboxylic acids is 1. The van der Waals surface area contributed by atoms with Crippen LogP contribution in [0.5, 0.6) is 0 Å². The molecule has 0 saturated heterocycles. The van der Waals surface area contributed by atoms with Crippen LogP contribution in [0.4, 0.5) is 0 Å². The minimum atomic E-state index is -0.901. The van der Waals surface area contributed by atoms with Crippen molar-refractivity contribution in [3.63, 3.8) is 0 Å². The number of hydrogen-bond acceptors (Lipinski definition) is 3. The van der Waals surface area contributed by atoms with E-state index in [0.717, 1.165) is 5.56 Å². The summed E-state index contributed by atoms with van der Waals surface area (Å²) in [5, 5.41) is 11.7. The fourth-order valence-electron chi connectivity index (χ4n) is 1.74. The van der Waals surface area contributed by atoms with Crippen molar-refractivity contribution >= 4 is 11.8 Å². The topological polar surface area (TPSA) is 66.4 Å². The number of aryl methyl sites for hydroxylation is 1. The zero-order chi connectivity index (χ0) is 14.3. The largest absolute Gasteiger partial charge is 0.481 e. The van der Waals surface area contributed by atoms with Gasteiger partial charge < -0.3 is 10.4 Å². The third kappa shape index (κ3) is 5.06. The van der Waals surface area contributed by atoms with Crippen molar-refractivity contribution in [2.75, 3.05) is 6.54 Å². The summed E-state index contributed by atoms with van der Waals surface area (Å²) in [4.78, 5) is 22.9. The van der Waals surface area contributed by atoms with E-state index in [1.165, 1.54) is 0 Å². The van der Waals surface area contributed by atoms with Gasteiger partial charge in [-0.1, -0.05) is 35.9 Å². The number of carboxylic acid groups (broad SMARTS) is 1. The van der Waals surface area contributed by atoms with E-state index >= 15 is 0 Å². The van der Waals surface area contributed by atoms with Gasteiger partial charge in [0.25, 0.3) is 0 Å². The fourth-order valence-corrected chi connectivity index (χ4v) is 1.74. The highest BCUT2D eigenvalue weighted by molar-refractivity contribution is 6.00. The molecule has 0 fully saturated rings. The number of ketones is 1. The predicted molar refractivity (Wildman–Crippen MR) is 74.4 cm³/mol. The second-order valence-electron chi connectivity index (χ2n) is 4.41. The molecule has 0 aliphatic heterocycles. The van der Waals surface area contributed by atoms with Crippen LogP contribution in [-0.2, 0) is 4.79 Å². The Labute approximate surface area is 113 Å². The first kappa shape index (κ1) is 15.1. The molecule has 1 rings (SSSR count). The maximum Gasteiger partial charge on any atom is 0.303 e. The Morgan fingerprint density at radius 3 is 2.53 bits per heavy atom. The van der Waals surface area contributed by atoms with E-state index in [9.17, 15) is 9.59 Å². The van der Waals surface area contributed by atoms with Gasteiger partial charge in [0.2, 0.25) is 0 Å². The van der Waals surface area contributed by atoms with Crippen molar-refractivity contribution < 1.29 is 14.7 Å². The summed E-state index contributed by atoms with van der Waals surface area (Å²) in [5.41, 5.74) is 1.68. The highest BCUT2D eigenvalue weighted by atomic mass is 16.4. The number of aliphatic carboxylic acids is 1. The fraction of sp³-hybridized carbons (Fsp3) is 0.333. The molecule has 102 valence electrons. The van der Waals surface area contributed by atoms with Crippen LogP contribution >= 0.6 is 0 Å². The molecule has 0 saturated carbocycles. The lowest BCUT2D eigenvalue weighted by atomic mass is 9.99. The van der Waals surface area contributed by atoms with Crippen LogP contribution in [-0.4, -0.2) is 29.4 Å². The van der Waals surface area contributed by atoms with Gasteiger partial charge >= 0.3 is 5.97 Å². The summed E-state index contributed by atoms with van der Waals surface area (Å²) in [6.45, 7) is 6.01. The van der Waals surface area contributed by atoms with E-state index in [4.69, 9.17) is 5.11 Å². The van der Waals surface area contributed by atoms with Gasteiger partial charge in [-0.25, -0.2) is 0 Å². The zero-order valence-electron chi connectivity index (χ0n) is 11.1. The van der Waals surface area contributed by atoms with Crippen molar-refractivity contribution in [1.29, 1.82) is 0 Å². The highest BCUT2D eigenvalue weighted by Crippen LogP contribution is 2.10. The van der Waals surface area contributed by atoms with Crippen molar-refractivity contribution in [3.05, 3.63) is 48.0 Å². The molecule has 1 aromatic rings. The first-order valence-electron chi connectivity index (χ1n) is 6.21. The molecule has 4 nitrogen and oxygen atoms in total. The molecule has 1 aromatic carbocycles. The van der Waals surface area contributed by atoms with Crippen molar-refractivity contribution in [3.8, 4) is 0 Å². The van der Waals surface area contributed by atoms with Crippen LogP contribution in [0.1, 0.15) is 28.8 Å². The van der Waals surface area contributed by atoms with Gasteiger partial charge in [-0.15, -0.1) is 6.58 Å². The smallest absolute Gasteiger partial charge is 0.303 e. The Bertz CT molecular complexity index is 451. The number of benzene rings is 1. The van der Waals surface area contributed by atoms with Gasteiger partial charge in [-0.05, 0) is 13.3 Å². The molecule has 0 heterocycles. The van der Waals surface area contributed by atoms with E-state index in [1.54, 1.807) is 18.2 Å². The molecule has 2 N–H and O–H groups in total. The molecule has 0 aliphatic carbocycles. The first-order valence-corrected chi connectivity index (χ1v) is 6.21. The highest BCUT2D eigenvalue weighted by Gasteiger charge is 2.19. The minimum Gasteiger partial charge on any atom is -0.481 e. The monoisotopic (exact) mass is 261 g/mol. The molecule has 0 radical (unpaired) electrons. The lowest BCUT2D eigenvalue weighted by molar-refractivity contribution is -0.137. The first-order chi connectivity index (χ1) is 9.04. The van der Waals surface area contributed by atoms with E-state index in [2.05, 4.69) is 11.9 Å². The summed E-state index contributed by atoms with van der Waals surface area (Å²) in [5.74, 6) is -0.981. The van der Waals surface area contributed by atoms with Crippen molar-refractivity contribution in [2.24, 2.45) is 0 Å². The summed E-state index contributed by atoms with van der Waals surface area (Å²) < 4.78 is 0. The summed E-state index contributed by atoms with van der Waals surface area (Å²) >= 11 is 0. The lowest BCUT2D eigenvalue weighted by Crippen LogP contribution is -2.37. The van der Waals surface area contributed by atoms with Crippen LogP contribution in [0.3, 0.4) is 0 Å². The van der Waals surface area contributed by atoms with Gasteiger partial charge in [0, 0.05) is 18.5 Å². The molecule has 0 aliphatic rings. The minimum absolute atomic E-state index is 0.0353. The second kappa shape index (κ2) is 7.48. The SMILES string of the molecule is C=CCNC(CCC(=O)O)C(=O)c1ccc(C)cc1. The maximum atomic E-state index is 12.3. The quantitative estimate of drug-likeness (QED) is 0.556. The Balaban J connectivity index is 2.77. The molecule has 0 bridgehead atoms. The molecular formula is C15H19NO3. The molecule has 1 atom stereocenters. The molecular weight excluding hydrogens is 242 g/mol. The second-order valence-corrected chi connectivity index (χ2v) is 4.41. The predicted octanol–water partition coefficient (Wildman–Crippen LogP) is 2.19.